The molecule has 1 aromatic carbocycles. The van der Waals surface area contributed by atoms with Crippen LogP contribution in [0.1, 0.15) is 25.5 Å². The minimum Gasteiger partial charge on any atom is -0.497 e. The van der Waals surface area contributed by atoms with Crippen molar-refractivity contribution in [1.82, 2.24) is 4.98 Å². The van der Waals surface area contributed by atoms with Crippen LogP contribution in [-0.4, -0.2) is 18.7 Å². The van der Waals surface area contributed by atoms with Gasteiger partial charge < -0.3 is 14.8 Å². The van der Waals surface area contributed by atoms with E-state index in [1.807, 2.05) is 31.2 Å². The van der Waals surface area contributed by atoms with Gasteiger partial charge in [0.15, 0.2) is 0 Å². The zero-order chi connectivity index (χ0) is 14.4. The third-order valence-corrected chi connectivity index (χ3v) is 3.04. The molecule has 0 amide bonds. The minimum atomic E-state index is 0.115. The molecule has 0 radical (unpaired) electrons. The lowest BCUT2D eigenvalue weighted by Crippen LogP contribution is -2.00. The Balaban J connectivity index is 2.06. The molecule has 1 aromatic heterocycles. The Morgan fingerprint density at radius 2 is 1.95 bits per heavy atom. The fourth-order valence-corrected chi connectivity index (χ4v) is 1.94. The van der Waals surface area contributed by atoms with Gasteiger partial charge in [-0.15, -0.1) is 0 Å². The third-order valence-electron chi connectivity index (χ3n) is 3.04. The summed E-state index contributed by atoms with van der Waals surface area (Å²) in [5.41, 5.74) is 2.15. The molecule has 1 N–H and O–H groups in total. The number of nitrogens with one attached hydrogen (secondary N) is 1. The first-order chi connectivity index (χ1) is 9.72. The zero-order valence-corrected chi connectivity index (χ0v) is 12.1. The molecule has 1 unspecified atom stereocenters. The van der Waals surface area contributed by atoms with Crippen molar-refractivity contribution in [2.45, 2.75) is 20.0 Å². The van der Waals surface area contributed by atoms with Gasteiger partial charge in [0.05, 0.1) is 13.2 Å². The van der Waals surface area contributed by atoms with E-state index in [4.69, 9.17) is 9.47 Å². The van der Waals surface area contributed by atoms with Crippen LogP contribution >= 0.6 is 0 Å². The Hall–Kier alpha value is -2.07. The van der Waals surface area contributed by atoms with Crippen LogP contribution in [0.5, 0.6) is 5.75 Å². The lowest BCUT2D eigenvalue weighted by Gasteiger charge is -2.13. The number of benzene rings is 1. The standard InChI is InChI=1S/C16H20N2O2/c1-4-20-12(2)13-5-7-14(8-6-13)18-16-11-15(19-3)9-10-17-16/h5-12H,4H2,1-3H3,(H,17,18). The van der Waals surface area contributed by atoms with E-state index in [1.54, 1.807) is 13.3 Å². The molecule has 2 aromatic rings. The second-order valence-electron chi connectivity index (χ2n) is 4.43. The summed E-state index contributed by atoms with van der Waals surface area (Å²) >= 11 is 0. The third kappa shape index (κ3) is 3.71. The van der Waals surface area contributed by atoms with Crippen LogP contribution in [0.4, 0.5) is 11.5 Å². The molecule has 0 bridgehead atoms. The molecule has 0 aliphatic carbocycles. The first-order valence-corrected chi connectivity index (χ1v) is 6.71. The lowest BCUT2D eigenvalue weighted by molar-refractivity contribution is 0.0764. The van der Waals surface area contributed by atoms with E-state index in [-0.39, 0.29) is 6.10 Å². The molecule has 1 heterocycles. The van der Waals surface area contributed by atoms with E-state index >= 15 is 0 Å². The smallest absolute Gasteiger partial charge is 0.133 e. The molecule has 0 aliphatic rings. The summed E-state index contributed by atoms with van der Waals surface area (Å²) in [6.07, 6.45) is 1.83. The Morgan fingerprint density at radius 1 is 1.20 bits per heavy atom. The molecule has 4 heteroatoms. The van der Waals surface area contributed by atoms with Crippen molar-refractivity contribution in [2.24, 2.45) is 0 Å². The van der Waals surface area contributed by atoms with Crippen LogP contribution in [0.3, 0.4) is 0 Å². The molecule has 2 rings (SSSR count). The van der Waals surface area contributed by atoms with Gasteiger partial charge in [-0.05, 0) is 37.6 Å². The van der Waals surface area contributed by atoms with Crippen LogP contribution in [0.15, 0.2) is 42.6 Å². The van der Waals surface area contributed by atoms with Crippen LogP contribution in [0.2, 0.25) is 0 Å². The van der Waals surface area contributed by atoms with Gasteiger partial charge in [-0.1, -0.05) is 12.1 Å². The van der Waals surface area contributed by atoms with E-state index < -0.39 is 0 Å². The van der Waals surface area contributed by atoms with Crippen molar-refractivity contribution in [1.29, 1.82) is 0 Å². The summed E-state index contributed by atoms with van der Waals surface area (Å²) in [6.45, 7) is 4.77. The van der Waals surface area contributed by atoms with Gasteiger partial charge >= 0.3 is 0 Å². The lowest BCUT2D eigenvalue weighted by atomic mass is 10.1. The monoisotopic (exact) mass is 272 g/mol. The second kappa shape index (κ2) is 6.91. The summed E-state index contributed by atoms with van der Waals surface area (Å²) in [5, 5.41) is 3.24. The highest BCUT2D eigenvalue weighted by molar-refractivity contribution is 5.57. The Labute approximate surface area is 119 Å². The number of ether oxygens (including phenoxy) is 2. The number of methoxy groups -OCH3 is 1. The van der Waals surface area contributed by atoms with E-state index in [1.165, 1.54) is 0 Å². The number of aromatic nitrogens is 1. The number of rotatable bonds is 6. The van der Waals surface area contributed by atoms with Crippen LogP contribution in [0, 0.1) is 0 Å². The molecule has 0 saturated heterocycles. The normalized spacial score (nSPS) is 11.9. The second-order valence-corrected chi connectivity index (χ2v) is 4.43. The van der Waals surface area contributed by atoms with Crippen molar-refractivity contribution in [2.75, 3.05) is 19.0 Å². The number of pyridine rings is 1. The van der Waals surface area contributed by atoms with E-state index in [2.05, 4.69) is 29.4 Å². The molecule has 0 aliphatic heterocycles. The maximum Gasteiger partial charge on any atom is 0.133 e. The van der Waals surface area contributed by atoms with Gasteiger partial charge in [-0.25, -0.2) is 4.98 Å². The van der Waals surface area contributed by atoms with Gasteiger partial charge in [0.25, 0.3) is 0 Å². The molecule has 0 saturated carbocycles. The van der Waals surface area contributed by atoms with E-state index in [0.717, 1.165) is 29.4 Å². The molecule has 1 atom stereocenters. The highest BCUT2D eigenvalue weighted by atomic mass is 16.5. The summed E-state index contributed by atoms with van der Waals surface area (Å²) in [6, 6.07) is 11.8. The number of hydrogen-bond donors (Lipinski definition) is 1. The zero-order valence-electron chi connectivity index (χ0n) is 12.1. The summed E-state index contributed by atoms with van der Waals surface area (Å²) in [7, 11) is 1.64. The summed E-state index contributed by atoms with van der Waals surface area (Å²) in [5.74, 6) is 1.54. The quantitative estimate of drug-likeness (QED) is 0.865. The summed E-state index contributed by atoms with van der Waals surface area (Å²) in [4.78, 5) is 4.25. The Bertz CT molecular complexity index is 540. The predicted octanol–water partition coefficient (Wildman–Crippen LogP) is 3.93. The van der Waals surface area contributed by atoms with Crippen LogP contribution in [-0.2, 0) is 4.74 Å². The van der Waals surface area contributed by atoms with Gasteiger partial charge in [0, 0.05) is 24.6 Å². The predicted molar refractivity (Wildman–Crippen MR) is 80.6 cm³/mol. The van der Waals surface area contributed by atoms with Crippen molar-refractivity contribution in [3.05, 3.63) is 48.2 Å². The van der Waals surface area contributed by atoms with Crippen molar-refractivity contribution in [3.63, 3.8) is 0 Å². The molecular formula is C16H20N2O2. The van der Waals surface area contributed by atoms with Gasteiger partial charge in [0.2, 0.25) is 0 Å². The van der Waals surface area contributed by atoms with Crippen molar-refractivity contribution < 1.29 is 9.47 Å². The maximum atomic E-state index is 5.57. The SMILES string of the molecule is CCOC(C)c1ccc(Nc2cc(OC)ccn2)cc1. The largest absolute Gasteiger partial charge is 0.497 e. The maximum absolute atomic E-state index is 5.57. The molecule has 20 heavy (non-hydrogen) atoms. The number of anilines is 2. The molecular weight excluding hydrogens is 252 g/mol. The Morgan fingerprint density at radius 3 is 2.60 bits per heavy atom. The summed E-state index contributed by atoms with van der Waals surface area (Å²) < 4.78 is 10.7. The highest BCUT2D eigenvalue weighted by Crippen LogP contribution is 2.22. The highest BCUT2D eigenvalue weighted by Gasteiger charge is 2.04. The average Bonchev–Trinajstić information content (AvgIpc) is 2.48. The fraction of sp³-hybridized carbons (Fsp3) is 0.312. The van der Waals surface area contributed by atoms with Crippen molar-refractivity contribution >= 4 is 11.5 Å². The Kier molecular flexibility index (Phi) is 4.96. The minimum absolute atomic E-state index is 0.115. The van der Waals surface area contributed by atoms with E-state index in [9.17, 15) is 0 Å². The van der Waals surface area contributed by atoms with E-state index in [0.29, 0.717) is 0 Å². The molecule has 106 valence electrons. The molecule has 4 nitrogen and oxygen atoms in total. The average molecular weight is 272 g/mol. The van der Waals surface area contributed by atoms with Gasteiger partial charge in [0.1, 0.15) is 11.6 Å². The first-order valence-electron chi connectivity index (χ1n) is 6.71. The van der Waals surface area contributed by atoms with Crippen molar-refractivity contribution in [3.8, 4) is 5.75 Å². The molecule has 0 spiro atoms. The van der Waals surface area contributed by atoms with Gasteiger partial charge in [-0.3, -0.25) is 0 Å². The fourth-order valence-electron chi connectivity index (χ4n) is 1.94. The first kappa shape index (κ1) is 14.3. The van der Waals surface area contributed by atoms with Crippen LogP contribution < -0.4 is 10.1 Å². The molecule has 0 fully saturated rings. The van der Waals surface area contributed by atoms with Crippen LogP contribution in [0.25, 0.3) is 0 Å². The van der Waals surface area contributed by atoms with Gasteiger partial charge in [-0.2, -0.15) is 0 Å². The topological polar surface area (TPSA) is 43.4 Å². The number of hydrogen-bond acceptors (Lipinski definition) is 4. The number of nitrogens with zero attached hydrogens (tertiary/aromatic N) is 1.